The van der Waals surface area contributed by atoms with Gasteiger partial charge in [0.05, 0.1) is 5.75 Å². The number of thioether (sulfide) groups is 1. The van der Waals surface area contributed by atoms with Gasteiger partial charge in [0.25, 0.3) is 5.22 Å². The van der Waals surface area contributed by atoms with E-state index in [1.54, 1.807) is 11.3 Å². The smallest absolute Gasteiger partial charge is 0.257 e. The summed E-state index contributed by atoms with van der Waals surface area (Å²) in [7, 11) is 0. The van der Waals surface area contributed by atoms with Gasteiger partial charge in [-0.15, -0.1) is 11.3 Å². The number of para-hydroxylation sites is 2. The molecule has 0 unspecified atom stereocenters. The van der Waals surface area contributed by atoms with Crippen molar-refractivity contribution in [2.45, 2.75) is 11.6 Å². The van der Waals surface area contributed by atoms with E-state index in [2.05, 4.69) is 27.8 Å². The number of nitrogens with one attached hydrogen (secondary N) is 1. The Balaban J connectivity index is 1.27. The zero-order valence-electron chi connectivity index (χ0n) is 13.4. The van der Waals surface area contributed by atoms with Gasteiger partial charge >= 0.3 is 0 Å². The molecular formula is C19H16N2O2S2. The van der Waals surface area contributed by atoms with Gasteiger partial charge < -0.3 is 9.73 Å². The maximum atomic E-state index is 12.0. The van der Waals surface area contributed by atoms with E-state index in [9.17, 15) is 4.79 Å². The molecule has 0 aliphatic heterocycles. The van der Waals surface area contributed by atoms with Crippen LogP contribution in [-0.4, -0.2) is 23.2 Å². The van der Waals surface area contributed by atoms with E-state index in [1.807, 2.05) is 36.4 Å². The number of oxazole rings is 1. The molecule has 2 heterocycles. The van der Waals surface area contributed by atoms with Gasteiger partial charge in [0.2, 0.25) is 5.91 Å². The number of amides is 1. The lowest BCUT2D eigenvalue weighted by molar-refractivity contribution is -0.118. The first kappa shape index (κ1) is 16.2. The molecule has 0 atom stereocenters. The largest absolute Gasteiger partial charge is 0.431 e. The molecule has 4 aromatic rings. The predicted molar refractivity (Wildman–Crippen MR) is 103 cm³/mol. The first-order valence-electron chi connectivity index (χ1n) is 8.00. The van der Waals surface area contributed by atoms with Gasteiger partial charge in [0.15, 0.2) is 5.58 Å². The van der Waals surface area contributed by atoms with Crippen LogP contribution in [0.15, 0.2) is 63.6 Å². The normalized spacial score (nSPS) is 11.2. The minimum Gasteiger partial charge on any atom is -0.431 e. The molecule has 0 aliphatic rings. The van der Waals surface area contributed by atoms with Crippen LogP contribution < -0.4 is 5.32 Å². The number of benzene rings is 2. The number of carbonyl (C=O) groups is 1. The van der Waals surface area contributed by atoms with Crippen LogP contribution in [0.1, 0.15) is 5.56 Å². The van der Waals surface area contributed by atoms with Crippen LogP contribution in [0, 0.1) is 0 Å². The molecule has 0 spiro atoms. The van der Waals surface area contributed by atoms with Gasteiger partial charge in [0, 0.05) is 11.2 Å². The Morgan fingerprint density at radius 3 is 2.92 bits per heavy atom. The quantitative estimate of drug-likeness (QED) is 0.509. The molecule has 6 heteroatoms. The fourth-order valence-corrected chi connectivity index (χ4v) is 4.32. The minimum absolute atomic E-state index is 0.00760. The summed E-state index contributed by atoms with van der Waals surface area (Å²) in [5.41, 5.74) is 2.84. The zero-order valence-corrected chi connectivity index (χ0v) is 15.0. The van der Waals surface area contributed by atoms with Gasteiger partial charge in [-0.2, -0.15) is 0 Å². The number of hydrogen-bond donors (Lipinski definition) is 1. The van der Waals surface area contributed by atoms with Gasteiger partial charge in [-0.3, -0.25) is 4.79 Å². The molecule has 1 N–H and O–H groups in total. The standard InChI is InChI=1S/C19H16N2O2S2/c22-18(12-25-19-21-15-6-2-3-7-16(15)23-19)20-10-9-13-11-24-17-8-4-1-5-14(13)17/h1-8,11H,9-10,12H2,(H,20,22). The molecular weight excluding hydrogens is 352 g/mol. The molecule has 4 rings (SSSR count). The summed E-state index contributed by atoms with van der Waals surface area (Å²) in [5.74, 6) is 0.295. The van der Waals surface area contributed by atoms with Gasteiger partial charge in [0.1, 0.15) is 5.52 Å². The van der Waals surface area contributed by atoms with Crippen LogP contribution in [0.4, 0.5) is 0 Å². The van der Waals surface area contributed by atoms with Gasteiger partial charge in [-0.05, 0) is 40.9 Å². The molecule has 0 saturated carbocycles. The Kier molecular flexibility index (Phi) is 4.72. The Morgan fingerprint density at radius 2 is 2.00 bits per heavy atom. The summed E-state index contributed by atoms with van der Waals surface area (Å²) in [6.45, 7) is 0.633. The molecule has 0 radical (unpaired) electrons. The number of carbonyl (C=O) groups excluding carboxylic acids is 1. The number of fused-ring (bicyclic) bond motifs is 2. The average molecular weight is 368 g/mol. The van der Waals surface area contributed by atoms with Crippen molar-refractivity contribution in [3.63, 3.8) is 0 Å². The number of rotatable bonds is 6. The van der Waals surface area contributed by atoms with Crippen molar-refractivity contribution >= 4 is 50.2 Å². The molecule has 2 aromatic heterocycles. The molecule has 0 saturated heterocycles. The first-order chi connectivity index (χ1) is 12.3. The molecule has 1 amide bonds. The summed E-state index contributed by atoms with van der Waals surface area (Å²) in [6.07, 6.45) is 0.837. The van der Waals surface area contributed by atoms with Crippen LogP contribution in [-0.2, 0) is 11.2 Å². The van der Waals surface area contributed by atoms with Crippen LogP contribution in [0.5, 0.6) is 0 Å². The molecule has 0 bridgehead atoms. The van der Waals surface area contributed by atoms with Gasteiger partial charge in [-0.25, -0.2) is 4.98 Å². The fraction of sp³-hybridized carbons (Fsp3) is 0.158. The minimum atomic E-state index is -0.00760. The third-order valence-corrected chi connectivity index (χ3v) is 5.72. The Labute approximate surface area is 153 Å². The Bertz CT molecular complexity index is 989. The lowest BCUT2D eigenvalue weighted by Crippen LogP contribution is -2.27. The molecule has 25 heavy (non-hydrogen) atoms. The molecule has 2 aromatic carbocycles. The van der Waals surface area contributed by atoms with E-state index in [0.717, 1.165) is 17.5 Å². The first-order valence-corrected chi connectivity index (χ1v) is 9.86. The highest BCUT2D eigenvalue weighted by atomic mass is 32.2. The monoisotopic (exact) mass is 368 g/mol. The number of hydrogen-bond acceptors (Lipinski definition) is 5. The summed E-state index contributed by atoms with van der Waals surface area (Å²) < 4.78 is 6.89. The lowest BCUT2D eigenvalue weighted by Gasteiger charge is -2.03. The second-order valence-electron chi connectivity index (χ2n) is 5.59. The van der Waals surface area contributed by atoms with Crippen LogP contribution in [0.25, 0.3) is 21.2 Å². The SMILES string of the molecule is O=C(CSc1nc2ccccc2o1)NCCc1csc2ccccc12. The predicted octanol–water partition coefficient (Wildman–Crippen LogP) is 4.49. The van der Waals surface area contributed by atoms with Crippen molar-refractivity contribution < 1.29 is 9.21 Å². The molecule has 0 aliphatic carbocycles. The summed E-state index contributed by atoms with van der Waals surface area (Å²) >= 11 is 3.06. The maximum Gasteiger partial charge on any atom is 0.257 e. The second kappa shape index (κ2) is 7.29. The van der Waals surface area contributed by atoms with Crippen molar-refractivity contribution in [2.24, 2.45) is 0 Å². The summed E-state index contributed by atoms with van der Waals surface area (Å²) in [4.78, 5) is 16.4. The van der Waals surface area contributed by atoms with Crippen molar-refractivity contribution in [1.82, 2.24) is 10.3 Å². The van der Waals surface area contributed by atoms with E-state index < -0.39 is 0 Å². The van der Waals surface area contributed by atoms with Crippen LogP contribution in [0.2, 0.25) is 0 Å². The van der Waals surface area contributed by atoms with Crippen molar-refractivity contribution in [3.8, 4) is 0 Å². The lowest BCUT2D eigenvalue weighted by atomic mass is 10.1. The van der Waals surface area contributed by atoms with Gasteiger partial charge in [-0.1, -0.05) is 42.1 Å². The number of aromatic nitrogens is 1. The number of nitrogens with zero attached hydrogens (tertiary/aromatic N) is 1. The van der Waals surface area contributed by atoms with E-state index >= 15 is 0 Å². The Hall–Kier alpha value is -2.31. The van der Waals surface area contributed by atoms with E-state index in [-0.39, 0.29) is 5.91 Å². The van der Waals surface area contributed by atoms with Crippen LogP contribution in [0.3, 0.4) is 0 Å². The fourth-order valence-electron chi connectivity index (χ4n) is 2.65. The zero-order chi connectivity index (χ0) is 17.1. The van der Waals surface area contributed by atoms with Crippen molar-refractivity contribution in [2.75, 3.05) is 12.3 Å². The topological polar surface area (TPSA) is 55.1 Å². The molecule has 126 valence electrons. The van der Waals surface area contributed by atoms with E-state index in [0.29, 0.717) is 17.5 Å². The maximum absolute atomic E-state index is 12.0. The third kappa shape index (κ3) is 3.70. The van der Waals surface area contributed by atoms with E-state index in [1.165, 1.54) is 27.4 Å². The van der Waals surface area contributed by atoms with Crippen molar-refractivity contribution in [1.29, 1.82) is 0 Å². The second-order valence-corrected chi connectivity index (χ2v) is 7.43. The molecule has 0 fully saturated rings. The molecule has 4 nitrogen and oxygen atoms in total. The third-order valence-electron chi connectivity index (χ3n) is 3.88. The average Bonchev–Trinajstić information content (AvgIpc) is 3.24. The van der Waals surface area contributed by atoms with Crippen molar-refractivity contribution in [3.05, 3.63) is 59.5 Å². The number of thiophene rings is 1. The highest BCUT2D eigenvalue weighted by Gasteiger charge is 2.09. The Morgan fingerprint density at radius 1 is 1.16 bits per heavy atom. The van der Waals surface area contributed by atoms with E-state index in [4.69, 9.17) is 4.42 Å². The van der Waals surface area contributed by atoms with Crippen LogP contribution >= 0.6 is 23.1 Å². The highest BCUT2D eigenvalue weighted by Crippen LogP contribution is 2.26. The highest BCUT2D eigenvalue weighted by molar-refractivity contribution is 7.99. The summed E-state index contributed by atoms with van der Waals surface area (Å²) in [6, 6.07) is 15.9. The summed E-state index contributed by atoms with van der Waals surface area (Å²) in [5, 5.41) is 6.94.